The van der Waals surface area contributed by atoms with Gasteiger partial charge in [0.15, 0.2) is 5.78 Å². The molecule has 7 nitrogen and oxygen atoms in total. The monoisotopic (exact) mass is 685 g/mol. The Hall–Kier alpha value is -3.53. The lowest BCUT2D eigenvalue weighted by Crippen LogP contribution is -2.50. The van der Waals surface area contributed by atoms with Crippen molar-refractivity contribution in [2.45, 2.75) is 17.5 Å². The number of ether oxygens (including phenoxy) is 2. The third kappa shape index (κ3) is 5.70. The number of fused-ring (bicyclic) bond motifs is 2. The highest BCUT2D eigenvalue weighted by Gasteiger charge is 2.64. The van der Waals surface area contributed by atoms with Crippen LogP contribution in [0.3, 0.4) is 0 Å². The first-order valence-corrected chi connectivity index (χ1v) is 16.4. The minimum Gasteiger partial charge on any atom is -0.492 e. The van der Waals surface area contributed by atoms with E-state index >= 15 is 0 Å². The number of amides is 1. The van der Waals surface area contributed by atoms with E-state index in [-0.39, 0.29) is 23.7 Å². The van der Waals surface area contributed by atoms with E-state index in [1.165, 1.54) is 0 Å². The van der Waals surface area contributed by atoms with E-state index < -0.39 is 11.5 Å². The molecule has 3 aliphatic heterocycles. The third-order valence-electron chi connectivity index (χ3n) is 9.20. The maximum atomic E-state index is 14.9. The summed E-state index contributed by atoms with van der Waals surface area (Å²) in [7, 11) is 0. The fraction of sp³-hybridized carbons (Fsp3) is 0.278. The second-order valence-electron chi connectivity index (χ2n) is 11.7. The third-order valence-corrected chi connectivity index (χ3v) is 9.94. The zero-order valence-electron chi connectivity index (χ0n) is 24.5. The van der Waals surface area contributed by atoms with Gasteiger partial charge in [-0.2, -0.15) is 0 Å². The maximum Gasteiger partial charge on any atom is 0.250 e. The van der Waals surface area contributed by atoms with Crippen molar-refractivity contribution >= 4 is 44.9 Å². The Morgan fingerprint density at radius 1 is 0.956 bits per heavy atom. The summed E-state index contributed by atoms with van der Waals surface area (Å²) in [6.45, 7) is 4.66. The molecular formula is C36H33BrClN3O4. The van der Waals surface area contributed by atoms with Gasteiger partial charge in [-0.05, 0) is 65.7 Å². The number of halogens is 2. The van der Waals surface area contributed by atoms with Crippen LogP contribution in [0.1, 0.15) is 39.0 Å². The molecule has 4 aromatic rings. The molecule has 7 rings (SSSR count). The van der Waals surface area contributed by atoms with Crippen LogP contribution in [-0.2, 0) is 15.1 Å². The molecule has 3 aliphatic rings. The van der Waals surface area contributed by atoms with Crippen molar-refractivity contribution in [3.05, 3.63) is 129 Å². The number of hydrogen-bond acceptors (Lipinski definition) is 6. The summed E-state index contributed by atoms with van der Waals surface area (Å²) in [5.41, 5.74) is 2.57. The second-order valence-corrected chi connectivity index (χ2v) is 13.1. The van der Waals surface area contributed by atoms with Gasteiger partial charge in [-0.15, -0.1) is 0 Å². The van der Waals surface area contributed by atoms with Crippen molar-refractivity contribution in [2.75, 3.05) is 44.8 Å². The molecular weight excluding hydrogens is 654 g/mol. The molecule has 9 heteroatoms. The first-order chi connectivity index (χ1) is 21.9. The molecule has 0 aromatic heterocycles. The van der Waals surface area contributed by atoms with Crippen molar-refractivity contribution in [1.82, 2.24) is 10.2 Å². The Balaban J connectivity index is 1.28. The van der Waals surface area contributed by atoms with Gasteiger partial charge in [-0.25, -0.2) is 0 Å². The Kier molecular flexibility index (Phi) is 8.50. The molecule has 230 valence electrons. The number of carbonyl (C=O) groups is 2. The fourth-order valence-corrected chi connectivity index (χ4v) is 7.51. The van der Waals surface area contributed by atoms with Gasteiger partial charge in [0.2, 0.25) is 5.91 Å². The number of nitrogens with zero attached hydrogens (tertiary/aromatic N) is 1. The van der Waals surface area contributed by atoms with Gasteiger partial charge in [0, 0.05) is 57.9 Å². The summed E-state index contributed by atoms with van der Waals surface area (Å²) in [4.78, 5) is 31.4. The molecule has 2 N–H and O–H groups in total. The highest BCUT2D eigenvalue weighted by atomic mass is 79.9. The van der Waals surface area contributed by atoms with Gasteiger partial charge >= 0.3 is 0 Å². The van der Waals surface area contributed by atoms with Crippen LogP contribution in [0.2, 0.25) is 5.02 Å². The van der Waals surface area contributed by atoms with Crippen LogP contribution < -0.4 is 15.4 Å². The summed E-state index contributed by atoms with van der Waals surface area (Å²) in [6.07, 6.45) is 0. The lowest BCUT2D eigenvalue weighted by molar-refractivity contribution is -0.122. The van der Waals surface area contributed by atoms with E-state index in [0.717, 1.165) is 54.0 Å². The zero-order valence-corrected chi connectivity index (χ0v) is 26.9. The number of Topliss-reactive ketones (excluding diaryl/α,β-unsaturated/α-hetero) is 1. The standard InChI is InChI=1S/C36H33BrClN3O4/c37-26-10-15-30-29(22-26)36(35(43)39-30)32(31(23-6-11-27(38)12-7-23)33(40-36)24-4-2-1-3-5-24)34(42)25-8-13-28(14-9-25)45-21-18-41-16-19-44-20-17-41/h1-15,22,31-33,40H,16-21H2,(H,39,43)/t31-,32?,33+,36?/m0/s1. The quantitative estimate of drug-likeness (QED) is 0.204. The summed E-state index contributed by atoms with van der Waals surface area (Å²) in [5.74, 6) is -0.814. The Bertz CT molecular complexity index is 1700. The topological polar surface area (TPSA) is 79.9 Å². The van der Waals surface area contributed by atoms with E-state index in [4.69, 9.17) is 21.1 Å². The number of morpholine rings is 1. The average Bonchev–Trinajstić information content (AvgIpc) is 3.57. The molecule has 0 bridgehead atoms. The number of carbonyl (C=O) groups excluding carboxylic acids is 2. The highest BCUT2D eigenvalue weighted by Crippen LogP contribution is 2.57. The van der Waals surface area contributed by atoms with E-state index in [0.29, 0.717) is 28.6 Å². The lowest BCUT2D eigenvalue weighted by Gasteiger charge is -2.31. The van der Waals surface area contributed by atoms with Gasteiger partial charge in [-0.1, -0.05) is 70.0 Å². The van der Waals surface area contributed by atoms with Crippen LogP contribution in [-0.4, -0.2) is 56.0 Å². The van der Waals surface area contributed by atoms with Crippen LogP contribution >= 0.6 is 27.5 Å². The number of nitrogens with one attached hydrogen (secondary N) is 2. The van der Waals surface area contributed by atoms with E-state index in [1.54, 1.807) is 0 Å². The lowest BCUT2D eigenvalue weighted by atomic mass is 9.69. The highest BCUT2D eigenvalue weighted by molar-refractivity contribution is 9.10. The molecule has 3 heterocycles. The van der Waals surface area contributed by atoms with E-state index in [2.05, 4.69) is 31.5 Å². The van der Waals surface area contributed by atoms with Crippen molar-refractivity contribution in [1.29, 1.82) is 0 Å². The van der Waals surface area contributed by atoms with Gasteiger partial charge in [0.25, 0.3) is 0 Å². The number of hydrogen-bond donors (Lipinski definition) is 2. The molecule has 4 aromatic carbocycles. The first-order valence-electron chi connectivity index (χ1n) is 15.2. The van der Waals surface area contributed by atoms with Crippen molar-refractivity contribution in [3.8, 4) is 5.75 Å². The second kappa shape index (κ2) is 12.7. The maximum absolute atomic E-state index is 14.9. The van der Waals surface area contributed by atoms with Crippen LogP contribution in [0.25, 0.3) is 0 Å². The fourth-order valence-electron chi connectivity index (χ4n) is 7.03. The van der Waals surface area contributed by atoms with Crippen molar-refractivity contribution in [2.24, 2.45) is 5.92 Å². The molecule has 45 heavy (non-hydrogen) atoms. The number of anilines is 1. The predicted molar refractivity (Wildman–Crippen MR) is 178 cm³/mol. The van der Waals surface area contributed by atoms with Crippen molar-refractivity contribution < 1.29 is 19.1 Å². The van der Waals surface area contributed by atoms with Crippen LogP contribution in [0, 0.1) is 5.92 Å². The van der Waals surface area contributed by atoms with Gasteiger partial charge in [0.05, 0.1) is 19.1 Å². The summed E-state index contributed by atoms with van der Waals surface area (Å²) in [5, 5.41) is 7.41. The summed E-state index contributed by atoms with van der Waals surface area (Å²) >= 11 is 9.93. The Morgan fingerprint density at radius 3 is 2.42 bits per heavy atom. The molecule has 2 unspecified atom stereocenters. The average molecular weight is 687 g/mol. The SMILES string of the molecule is O=C(c1ccc(OCCN2CCOCC2)cc1)C1[C@H](c2ccc(Cl)cc2)[C@@H](c2ccccc2)NC12C(=O)Nc1ccc(Br)cc12. The molecule has 0 aliphatic carbocycles. The number of ketones is 1. The zero-order chi connectivity index (χ0) is 31.0. The largest absolute Gasteiger partial charge is 0.492 e. The Labute approximate surface area is 276 Å². The van der Waals surface area contributed by atoms with Gasteiger partial charge < -0.3 is 14.8 Å². The summed E-state index contributed by atoms with van der Waals surface area (Å²) in [6, 6.07) is 30.3. The van der Waals surface area contributed by atoms with Crippen LogP contribution in [0.5, 0.6) is 5.75 Å². The number of benzene rings is 4. The smallest absolute Gasteiger partial charge is 0.250 e. The minimum atomic E-state index is -1.31. The molecule has 0 saturated carbocycles. The molecule has 0 radical (unpaired) electrons. The molecule has 2 fully saturated rings. The van der Waals surface area contributed by atoms with Gasteiger partial charge in [-0.3, -0.25) is 19.8 Å². The van der Waals surface area contributed by atoms with E-state index in [9.17, 15) is 9.59 Å². The molecule has 1 spiro atoms. The molecule has 4 atom stereocenters. The van der Waals surface area contributed by atoms with E-state index in [1.807, 2.05) is 97.1 Å². The number of rotatable bonds is 8. The van der Waals surface area contributed by atoms with Crippen LogP contribution in [0.15, 0.2) is 102 Å². The van der Waals surface area contributed by atoms with Gasteiger partial charge in [0.1, 0.15) is 17.9 Å². The molecule has 2 saturated heterocycles. The van der Waals surface area contributed by atoms with Crippen LogP contribution in [0.4, 0.5) is 5.69 Å². The predicted octanol–water partition coefficient (Wildman–Crippen LogP) is 6.59. The summed E-state index contributed by atoms with van der Waals surface area (Å²) < 4.78 is 12.3. The minimum absolute atomic E-state index is 0.122. The molecule has 1 amide bonds. The Morgan fingerprint density at radius 2 is 1.69 bits per heavy atom. The normalized spacial score (nSPS) is 24.4. The first kappa shape index (κ1) is 30.1. The van der Waals surface area contributed by atoms with Crippen molar-refractivity contribution in [3.63, 3.8) is 0 Å².